The zero-order valence-corrected chi connectivity index (χ0v) is 10.2. The highest BCUT2D eigenvalue weighted by atomic mass is 19.1. The Labute approximate surface area is 113 Å². The maximum Gasteiger partial charge on any atom is 0.282 e. The van der Waals surface area contributed by atoms with Gasteiger partial charge in [-0.25, -0.2) is 4.39 Å². The molecule has 0 heterocycles. The second-order valence-electron chi connectivity index (χ2n) is 4.00. The smallest absolute Gasteiger partial charge is 0.282 e. The van der Waals surface area contributed by atoms with Crippen molar-refractivity contribution in [2.75, 3.05) is 11.1 Å². The van der Waals surface area contributed by atoms with E-state index in [4.69, 9.17) is 5.73 Å². The summed E-state index contributed by atoms with van der Waals surface area (Å²) in [6, 6.07) is 8.89. The molecule has 2 aromatic rings. The number of anilines is 2. The topological polar surface area (TPSA) is 98.3 Å². The van der Waals surface area contributed by atoms with Crippen LogP contribution in [0.3, 0.4) is 0 Å². The molecule has 2 rings (SSSR count). The number of nitro benzene ring substituents is 1. The minimum absolute atomic E-state index is 0.181. The molecule has 0 saturated carbocycles. The normalized spacial score (nSPS) is 10.1. The third-order valence-corrected chi connectivity index (χ3v) is 2.54. The molecule has 0 unspecified atom stereocenters. The van der Waals surface area contributed by atoms with Crippen molar-refractivity contribution in [1.29, 1.82) is 0 Å². The summed E-state index contributed by atoms with van der Waals surface area (Å²) in [6.45, 7) is 0. The van der Waals surface area contributed by atoms with Gasteiger partial charge in [-0.15, -0.1) is 0 Å². The lowest BCUT2D eigenvalue weighted by Crippen LogP contribution is -2.14. The number of carbonyl (C=O) groups excluding carboxylic acids is 1. The largest absolute Gasteiger partial charge is 0.399 e. The van der Waals surface area contributed by atoms with Crippen LogP contribution in [0.1, 0.15) is 10.4 Å². The van der Waals surface area contributed by atoms with E-state index in [1.165, 1.54) is 30.3 Å². The van der Waals surface area contributed by atoms with Crippen LogP contribution in [0.2, 0.25) is 0 Å². The maximum atomic E-state index is 13.0. The second-order valence-corrected chi connectivity index (χ2v) is 4.00. The van der Waals surface area contributed by atoms with E-state index in [1.807, 2.05) is 0 Å². The van der Waals surface area contributed by atoms with Gasteiger partial charge in [0.25, 0.3) is 11.6 Å². The summed E-state index contributed by atoms with van der Waals surface area (Å²) in [5.74, 6) is -1.25. The monoisotopic (exact) mass is 275 g/mol. The lowest BCUT2D eigenvalue weighted by molar-refractivity contribution is -0.385. The molecule has 1 amide bonds. The number of carbonyl (C=O) groups is 1. The molecule has 0 aliphatic rings. The lowest BCUT2D eigenvalue weighted by atomic mass is 10.1. The van der Waals surface area contributed by atoms with E-state index in [2.05, 4.69) is 5.32 Å². The molecule has 6 nitrogen and oxygen atoms in total. The fraction of sp³-hybridized carbons (Fsp3) is 0. The summed E-state index contributed by atoms with van der Waals surface area (Å²) < 4.78 is 13.0. The number of hydrogen-bond donors (Lipinski definition) is 2. The number of nitro groups is 1. The van der Waals surface area contributed by atoms with Crippen LogP contribution in [-0.4, -0.2) is 10.8 Å². The van der Waals surface area contributed by atoms with Gasteiger partial charge in [-0.05, 0) is 30.3 Å². The van der Waals surface area contributed by atoms with Crippen molar-refractivity contribution in [1.82, 2.24) is 0 Å². The summed E-state index contributed by atoms with van der Waals surface area (Å²) in [5.41, 5.74) is 5.39. The Morgan fingerprint density at radius 1 is 1.25 bits per heavy atom. The summed E-state index contributed by atoms with van der Waals surface area (Å²) in [5, 5.41) is 13.3. The first-order chi connectivity index (χ1) is 9.47. The van der Waals surface area contributed by atoms with E-state index < -0.39 is 16.6 Å². The number of halogens is 1. The molecule has 2 aromatic carbocycles. The van der Waals surface area contributed by atoms with Crippen molar-refractivity contribution >= 4 is 23.0 Å². The Morgan fingerprint density at radius 3 is 2.65 bits per heavy atom. The standard InChI is InChI=1S/C13H10FN3O3/c14-8-2-1-3-10(6-8)16-13(18)11-7-9(15)4-5-12(11)17(19)20/h1-7H,15H2,(H,16,18). The maximum absolute atomic E-state index is 13.0. The van der Waals surface area contributed by atoms with E-state index in [0.717, 1.165) is 12.1 Å². The Balaban J connectivity index is 2.34. The average molecular weight is 275 g/mol. The third kappa shape index (κ3) is 2.89. The Morgan fingerprint density at radius 2 is 2.00 bits per heavy atom. The molecule has 20 heavy (non-hydrogen) atoms. The fourth-order valence-corrected chi connectivity index (χ4v) is 1.66. The molecule has 7 heteroatoms. The third-order valence-electron chi connectivity index (χ3n) is 2.54. The Hall–Kier alpha value is -2.96. The van der Waals surface area contributed by atoms with E-state index in [1.54, 1.807) is 0 Å². The second kappa shape index (κ2) is 5.35. The molecule has 0 fully saturated rings. The minimum atomic E-state index is -0.727. The van der Waals surface area contributed by atoms with Gasteiger partial charge in [0.1, 0.15) is 11.4 Å². The van der Waals surface area contributed by atoms with Gasteiger partial charge in [0, 0.05) is 17.4 Å². The van der Waals surface area contributed by atoms with E-state index >= 15 is 0 Å². The molecule has 0 atom stereocenters. The van der Waals surface area contributed by atoms with E-state index in [-0.39, 0.29) is 22.6 Å². The summed E-state index contributed by atoms with van der Waals surface area (Å²) >= 11 is 0. The van der Waals surface area contributed by atoms with Crippen molar-refractivity contribution in [3.8, 4) is 0 Å². The molecule has 0 spiro atoms. The van der Waals surface area contributed by atoms with Gasteiger partial charge in [-0.2, -0.15) is 0 Å². The van der Waals surface area contributed by atoms with Gasteiger partial charge in [-0.1, -0.05) is 6.07 Å². The number of nitrogens with two attached hydrogens (primary N) is 1. The molecule has 3 N–H and O–H groups in total. The van der Waals surface area contributed by atoms with Crippen LogP contribution in [0.4, 0.5) is 21.5 Å². The van der Waals surface area contributed by atoms with Crippen LogP contribution in [0.15, 0.2) is 42.5 Å². The summed E-state index contributed by atoms with van der Waals surface area (Å²) in [6.07, 6.45) is 0. The van der Waals surface area contributed by atoms with Crippen molar-refractivity contribution in [3.63, 3.8) is 0 Å². The number of benzene rings is 2. The highest BCUT2D eigenvalue weighted by Crippen LogP contribution is 2.22. The molecular weight excluding hydrogens is 265 g/mol. The number of nitrogen functional groups attached to an aromatic ring is 1. The van der Waals surface area contributed by atoms with Gasteiger partial charge in [0.2, 0.25) is 0 Å². The van der Waals surface area contributed by atoms with Crippen LogP contribution >= 0.6 is 0 Å². The average Bonchev–Trinajstić information content (AvgIpc) is 2.38. The zero-order chi connectivity index (χ0) is 14.7. The van der Waals surface area contributed by atoms with Gasteiger partial charge >= 0.3 is 0 Å². The predicted molar refractivity (Wildman–Crippen MR) is 71.9 cm³/mol. The van der Waals surface area contributed by atoms with Crippen LogP contribution in [0, 0.1) is 15.9 Å². The van der Waals surface area contributed by atoms with Crippen LogP contribution in [-0.2, 0) is 0 Å². The molecule has 0 aromatic heterocycles. The van der Waals surface area contributed by atoms with E-state index in [9.17, 15) is 19.3 Å². The zero-order valence-electron chi connectivity index (χ0n) is 10.2. The van der Waals surface area contributed by atoms with Crippen molar-refractivity contribution in [2.45, 2.75) is 0 Å². The quantitative estimate of drug-likeness (QED) is 0.511. The summed E-state index contributed by atoms with van der Waals surface area (Å²) in [7, 11) is 0. The molecule has 0 aliphatic carbocycles. The van der Waals surface area contributed by atoms with Crippen molar-refractivity contribution < 1.29 is 14.1 Å². The Kier molecular flexibility index (Phi) is 3.60. The van der Waals surface area contributed by atoms with Gasteiger partial charge in [0.05, 0.1) is 4.92 Å². The predicted octanol–water partition coefficient (Wildman–Crippen LogP) is 2.57. The molecule has 0 aliphatic heterocycles. The first kappa shape index (κ1) is 13.5. The minimum Gasteiger partial charge on any atom is -0.399 e. The van der Waals surface area contributed by atoms with Gasteiger partial charge in [-0.3, -0.25) is 14.9 Å². The molecule has 0 saturated heterocycles. The molecule has 0 bridgehead atoms. The fourth-order valence-electron chi connectivity index (χ4n) is 1.66. The Bertz CT molecular complexity index is 688. The molecule has 102 valence electrons. The number of nitrogens with zero attached hydrogens (tertiary/aromatic N) is 1. The number of hydrogen-bond acceptors (Lipinski definition) is 4. The number of rotatable bonds is 3. The van der Waals surface area contributed by atoms with Crippen LogP contribution < -0.4 is 11.1 Å². The summed E-state index contributed by atoms with van der Waals surface area (Å²) in [4.78, 5) is 22.2. The first-order valence-electron chi connectivity index (χ1n) is 5.58. The van der Waals surface area contributed by atoms with E-state index in [0.29, 0.717) is 0 Å². The number of nitrogens with one attached hydrogen (secondary N) is 1. The van der Waals surface area contributed by atoms with Crippen LogP contribution in [0.25, 0.3) is 0 Å². The van der Waals surface area contributed by atoms with Crippen molar-refractivity contribution in [2.24, 2.45) is 0 Å². The van der Waals surface area contributed by atoms with Crippen molar-refractivity contribution in [3.05, 3.63) is 64.0 Å². The lowest BCUT2D eigenvalue weighted by Gasteiger charge is -2.06. The van der Waals surface area contributed by atoms with Crippen LogP contribution in [0.5, 0.6) is 0 Å². The number of amides is 1. The van der Waals surface area contributed by atoms with Gasteiger partial charge in [0.15, 0.2) is 0 Å². The highest BCUT2D eigenvalue weighted by Gasteiger charge is 2.20. The molecular formula is C13H10FN3O3. The SMILES string of the molecule is Nc1ccc([N+](=O)[O-])c(C(=O)Nc2cccc(F)c2)c1. The van der Waals surface area contributed by atoms with Gasteiger partial charge < -0.3 is 11.1 Å². The highest BCUT2D eigenvalue weighted by molar-refractivity contribution is 6.07. The molecule has 0 radical (unpaired) electrons. The first-order valence-corrected chi connectivity index (χ1v) is 5.58.